The van der Waals surface area contributed by atoms with Crippen LogP contribution < -0.4 is 0 Å². The summed E-state index contributed by atoms with van der Waals surface area (Å²) in [4.78, 5) is 0.576. The summed E-state index contributed by atoms with van der Waals surface area (Å²) in [5, 5.41) is 0. The fourth-order valence-corrected chi connectivity index (χ4v) is 3.79. The molecule has 0 spiro atoms. The Bertz CT molecular complexity index is 573. The lowest BCUT2D eigenvalue weighted by Gasteiger charge is -2.46. The van der Waals surface area contributed by atoms with E-state index in [0.717, 1.165) is 0 Å². The largest absolute Gasteiger partial charge is 0.429 e. The summed E-state index contributed by atoms with van der Waals surface area (Å²) in [6.07, 6.45) is -27.7. The van der Waals surface area contributed by atoms with Crippen LogP contribution in [0.5, 0.6) is 0 Å². The Kier molecular flexibility index (Phi) is 7.28. The topological polar surface area (TPSA) is 12.5 Å². The Hall–Kier alpha value is -0.850. The SMILES string of the molecule is CC1CCN(C(F)C(F)(C2CCCC(C(F)(F)C(F)C(F)(F)F)O2)C(F)(F)F)CC1. The van der Waals surface area contributed by atoms with Crippen molar-refractivity contribution in [3.63, 3.8) is 0 Å². The molecule has 0 N–H and O–H groups in total. The van der Waals surface area contributed by atoms with Crippen LogP contribution in [0, 0.1) is 5.92 Å². The number of hydrogen-bond acceptors (Lipinski definition) is 2. The van der Waals surface area contributed by atoms with Gasteiger partial charge in [0.2, 0.25) is 0 Å². The van der Waals surface area contributed by atoms with E-state index in [1.165, 1.54) is 0 Å². The van der Waals surface area contributed by atoms with Crippen molar-refractivity contribution in [2.45, 2.75) is 87.6 Å². The first-order chi connectivity index (χ1) is 13.5. The van der Waals surface area contributed by atoms with E-state index >= 15 is 4.39 Å². The van der Waals surface area contributed by atoms with Crippen molar-refractivity contribution in [3.05, 3.63) is 0 Å². The van der Waals surface area contributed by atoms with Crippen LogP contribution in [0.4, 0.5) is 48.3 Å². The lowest BCUT2D eigenvalue weighted by Crippen LogP contribution is -2.66. The highest BCUT2D eigenvalue weighted by Gasteiger charge is 2.70. The minimum Gasteiger partial charge on any atom is -0.365 e. The molecule has 0 saturated carbocycles. The fourth-order valence-electron chi connectivity index (χ4n) is 3.79. The number of likely N-dealkylation sites (tertiary alicyclic amines) is 1. The van der Waals surface area contributed by atoms with Gasteiger partial charge in [0.05, 0.1) is 0 Å². The molecule has 0 radical (unpaired) electrons. The average molecular weight is 465 g/mol. The summed E-state index contributed by atoms with van der Waals surface area (Å²) in [7, 11) is 0. The van der Waals surface area contributed by atoms with Gasteiger partial charge in [0.15, 0.2) is 6.30 Å². The predicted molar refractivity (Wildman–Crippen MR) is 83.2 cm³/mol. The standard InChI is InChI=1S/C17H22F11NO/c1-9-5-7-29(8-6-9)13(19)14(20,17(26,27)28)10-3-2-4-11(30-10)15(21,22)12(18)16(23,24)25/h9-13H,2-8H2,1H3. The maximum Gasteiger partial charge on any atom is 0.429 e. The van der Waals surface area contributed by atoms with Crippen LogP contribution in [0.3, 0.4) is 0 Å². The third-order valence-corrected chi connectivity index (χ3v) is 5.70. The van der Waals surface area contributed by atoms with Crippen LogP contribution in [0.2, 0.25) is 0 Å². The van der Waals surface area contributed by atoms with Crippen LogP contribution in [0.15, 0.2) is 0 Å². The van der Waals surface area contributed by atoms with E-state index in [4.69, 9.17) is 0 Å². The summed E-state index contributed by atoms with van der Waals surface area (Å²) >= 11 is 0. The molecule has 178 valence electrons. The number of nitrogens with zero attached hydrogens (tertiary/aromatic N) is 1. The zero-order valence-electron chi connectivity index (χ0n) is 15.8. The van der Waals surface area contributed by atoms with Gasteiger partial charge in [0.1, 0.15) is 12.2 Å². The second-order valence-corrected chi connectivity index (χ2v) is 7.94. The molecule has 0 aliphatic carbocycles. The summed E-state index contributed by atoms with van der Waals surface area (Å²) < 4.78 is 153. The molecule has 13 heteroatoms. The summed E-state index contributed by atoms with van der Waals surface area (Å²) in [6.45, 7) is 1.32. The van der Waals surface area contributed by atoms with Crippen molar-refractivity contribution < 1.29 is 53.0 Å². The highest BCUT2D eigenvalue weighted by Crippen LogP contribution is 2.49. The first-order valence-corrected chi connectivity index (χ1v) is 9.40. The van der Waals surface area contributed by atoms with Gasteiger partial charge < -0.3 is 4.74 Å². The molecule has 2 saturated heterocycles. The monoisotopic (exact) mass is 465 g/mol. The van der Waals surface area contributed by atoms with Crippen LogP contribution in [-0.2, 0) is 4.74 Å². The van der Waals surface area contributed by atoms with Crippen molar-refractivity contribution in [2.75, 3.05) is 13.1 Å². The van der Waals surface area contributed by atoms with E-state index in [1.54, 1.807) is 6.92 Å². The van der Waals surface area contributed by atoms with E-state index in [2.05, 4.69) is 4.74 Å². The molecule has 2 aliphatic rings. The van der Waals surface area contributed by atoms with Crippen LogP contribution >= 0.6 is 0 Å². The normalized spacial score (nSPS) is 30.0. The van der Waals surface area contributed by atoms with Gasteiger partial charge >= 0.3 is 18.3 Å². The highest BCUT2D eigenvalue weighted by atomic mass is 19.4. The van der Waals surface area contributed by atoms with Gasteiger partial charge in [0.25, 0.3) is 11.8 Å². The molecular formula is C17H22F11NO. The molecule has 2 nitrogen and oxygen atoms in total. The molecule has 5 unspecified atom stereocenters. The molecule has 5 atom stereocenters. The van der Waals surface area contributed by atoms with Crippen LogP contribution in [0.1, 0.15) is 39.0 Å². The Morgan fingerprint density at radius 2 is 1.30 bits per heavy atom. The Morgan fingerprint density at radius 1 is 0.800 bits per heavy atom. The number of piperidine rings is 1. The minimum atomic E-state index is -6.01. The van der Waals surface area contributed by atoms with Gasteiger partial charge in [0, 0.05) is 13.1 Å². The highest BCUT2D eigenvalue weighted by molar-refractivity contribution is 5.04. The number of hydrogen-bond donors (Lipinski definition) is 0. The lowest BCUT2D eigenvalue weighted by molar-refractivity contribution is -0.335. The van der Waals surface area contributed by atoms with Gasteiger partial charge in [-0.05, 0) is 38.0 Å². The third-order valence-electron chi connectivity index (χ3n) is 5.70. The quantitative estimate of drug-likeness (QED) is 0.378. The van der Waals surface area contributed by atoms with Crippen LogP contribution in [-0.4, -0.2) is 66.6 Å². The van der Waals surface area contributed by atoms with Crippen molar-refractivity contribution in [1.82, 2.24) is 4.90 Å². The molecule has 2 heterocycles. The number of alkyl halides is 11. The maximum atomic E-state index is 15.2. The molecule has 0 aromatic rings. The average Bonchev–Trinajstić information content (AvgIpc) is 2.65. The Balaban J connectivity index is 2.29. The molecule has 30 heavy (non-hydrogen) atoms. The van der Waals surface area contributed by atoms with Crippen molar-refractivity contribution in [2.24, 2.45) is 5.92 Å². The minimum absolute atomic E-state index is 0.0613. The Labute approximate surface area is 165 Å². The number of ether oxygens (including phenoxy) is 1. The van der Waals surface area contributed by atoms with Crippen molar-refractivity contribution in [1.29, 1.82) is 0 Å². The first kappa shape index (κ1) is 25.4. The number of halogens is 11. The second kappa shape index (κ2) is 8.59. The van der Waals surface area contributed by atoms with Crippen molar-refractivity contribution >= 4 is 0 Å². The first-order valence-electron chi connectivity index (χ1n) is 9.40. The molecule has 2 fully saturated rings. The summed E-state index contributed by atoms with van der Waals surface area (Å²) in [5.74, 6) is -5.21. The molecule has 2 rings (SSSR count). The van der Waals surface area contributed by atoms with E-state index in [-0.39, 0.29) is 31.8 Å². The van der Waals surface area contributed by atoms with Crippen molar-refractivity contribution in [3.8, 4) is 0 Å². The number of rotatable bonds is 5. The predicted octanol–water partition coefficient (Wildman–Crippen LogP) is 5.76. The van der Waals surface area contributed by atoms with E-state index < -0.39 is 67.9 Å². The van der Waals surface area contributed by atoms with Gasteiger partial charge in [-0.3, -0.25) is 4.90 Å². The van der Waals surface area contributed by atoms with Gasteiger partial charge in [-0.1, -0.05) is 6.92 Å². The second-order valence-electron chi connectivity index (χ2n) is 7.94. The fraction of sp³-hybridized carbons (Fsp3) is 1.00. The summed E-state index contributed by atoms with van der Waals surface area (Å²) in [6, 6.07) is 0. The molecule has 0 aromatic heterocycles. The van der Waals surface area contributed by atoms with Gasteiger partial charge in [-0.25, -0.2) is 22.0 Å². The zero-order chi connectivity index (χ0) is 23.1. The van der Waals surface area contributed by atoms with Crippen LogP contribution in [0.25, 0.3) is 0 Å². The van der Waals surface area contributed by atoms with Gasteiger partial charge in [-0.2, -0.15) is 26.3 Å². The molecule has 0 aromatic carbocycles. The summed E-state index contributed by atoms with van der Waals surface area (Å²) in [5.41, 5.74) is -4.77. The van der Waals surface area contributed by atoms with E-state index in [9.17, 15) is 43.9 Å². The van der Waals surface area contributed by atoms with E-state index in [1.807, 2.05) is 0 Å². The third kappa shape index (κ3) is 4.81. The molecular weight excluding hydrogens is 443 g/mol. The molecule has 0 amide bonds. The maximum absolute atomic E-state index is 15.2. The zero-order valence-corrected chi connectivity index (χ0v) is 15.8. The van der Waals surface area contributed by atoms with Gasteiger partial charge in [-0.15, -0.1) is 0 Å². The molecule has 2 aliphatic heterocycles. The van der Waals surface area contributed by atoms with E-state index in [0.29, 0.717) is 4.90 Å². The smallest absolute Gasteiger partial charge is 0.365 e. The lowest BCUT2D eigenvalue weighted by atomic mass is 9.86. The molecule has 0 bridgehead atoms. The Morgan fingerprint density at radius 3 is 1.77 bits per heavy atom.